The highest BCUT2D eigenvalue weighted by Crippen LogP contribution is 2.41. The van der Waals surface area contributed by atoms with Gasteiger partial charge in [0.15, 0.2) is 0 Å². The Kier molecular flexibility index (Phi) is 3.58. The molecule has 0 spiro atoms. The number of hydrogen-bond acceptors (Lipinski definition) is 2. The van der Waals surface area contributed by atoms with Gasteiger partial charge < -0.3 is 10.8 Å². The average molecular weight is 280 g/mol. The van der Waals surface area contributed by atoms with Crippen molar-refractivity contribution in [3.63, 3.8) is 0 Å². The van der Waals surface area contributed by atoms with Crippen LogP contribution in [0, 0.1) is 5.92 Å². The molecule has 1 aliphatic rings. The van der Waals surface area contributed by atoms with Gasteiger partial charge >= 0.3 is 6.18 Å². The zero-order valence-electron chi connectivity index (χ0n) is 9.41. The summed E-state index contributed by atoms with van der Waals surface area (Å²) in [4.78, 5) is 0. The fraction of sp³-hybridized carbons (Fsp3) is 0.500. The quantitative estimate of drug-likeness (QED) is 0.893. The summed E-state index contributed by atoms with van der Waals surface area (Å²) >= 11 is 5.58. The summed E-state index contributed by atoms with van der Waals surface area (Å²) in [5.41, 5.74) is 4.76. The standard InChI is InChI=1S/C12H13ClF3NO/c13-7-3-4-8(9(5-7)12(14,15)16)10(17)11(18)6-1-2-6/h3-6,10-11,18H,1-2,17H2/t10-,11+/m1/s1. The maximum atomic E-state index is 12.9. The molecule has 6 heteroatoms. The fourth-order valence-corrected chi connectivity index (χ4v) is 2.15. The Labute approximate surface area is 108 Å². The van der Waals surface area contributed by atoms with Crippen molar-refractivity contribution in [2.45, 2.75) is 31.2 Å². The van der Waals surface area contributed by atoms with Gasteiger partial charge in [0.05, 0.1) is 17.7 Å². The highest BCUT2D eigenvalue weighted by molar-refractivity contribution is 6.30. The lowest BCUT2D eigenvalue weighted by molar-refractivity contribution is -0.138. The van der Waals surface area contributed by atoms with Gasteiger partial charge in [-0.15, -0.1) is 0 Å². The molecule has 0 bridgehead atoms. The van der Waals surface area contributed by atoms with Gasteiger partial charge in [0, 0.05) is 5.02 Å². The van der Waals surface area contributed by atoms with Gasteiger partial charge in [0.2, 0.25) is 0 Å². The van der Waals surface area contributed by atoms with Crippen molar-refractivity contribution < 1.29 is 18.3 Å². The Morgan fingerprint density at radius 3 is 2.44 bits per heavy atom. The molecule has 2 rings (SSSR count). The molecule has 18 heavy (non-hydrogen) atoms. The maximum absolute atomic E-state index is 12.9. The van der Waals surface area contributed by atoms with Gasteiger partial charge in [-0.2, -0.15) is 13.2 Å². The monoisotopic (exact) mass is 279 g/mol. The van der Waals surface area contributed by atoms with Gasteiger partial charge in [-0.3, -0.25) is 0 Å². The van der Waals surface area contributed by atoms with Crippen LogP contribution in [0.3, 0.4) is 0 Å². The van der Waals surface area contributed by atoms with Crippen LogP contribution in [0.5, 0.6) is 0 Å². The maximum Gasteiger partial charge on any atom is 0.416 e. The second-order valence-electron chi connectivity index (χ2n) is 4.58. The lowest BCUT2D eigenvalue weighted by Gasteiger charge is -2.22. The van der Waals surface area contributed by atoms with Crippen LogP contribution < -0.4 is 5.73 Å². The molecule has 0 aromatic heterocycles. The molecule has 1 fully saturated rings. The Hall–Kier alpha value is -0.780. The first-order chi connectivity index (χ1) is 8.30. The van der Waals surface area contributed by atoms with Crippen molar-refractivity contribution in [1.82, 2.24) is 0 Å². The summed E-state index contributed by atoms with van der Waals surface area (Å²) in [7, 11) is 0. The van der Waals surface area contributed by atoms with Crippen molar-refractivity contribution >= 4 is 11.6 Å². The molecule has 1 aliphatic carbocycles. The number of nitrogens with two attached hydrogens (primary N) is 1. The molecule has 0 amide bonds. The number of benzene rings is 1. The Balaban J connectivity index is 2.36. The van der Waals surface area contributed by atoms with E-state index in [9.17, 15) is 18.3 Å². The molecule has 3 N–H and O–H groups in total. The van der Waals surface area contributed by atoms with Crippen molar-refractivity contribution in [2.75, 3.05) is 0 Å². The van der Waals surface area contributed by atoms with Crippen LogP contribution in [0.1, 0.15) is 30.0 Å². The van der Waals surface area contributed by atoms with Crippen LogP contribution in [-0.4, -0.2) is 11.2 Å². The number of hydrogen-bond donors (Lipinski definition) is 2. The minimum atomic E-state index is -4.53. The van der Waals surface area contributed by atoms with Crippen LogP contribution >= 0.6 is 11.6 Å². The van der Waals surface area contributed by atoms with Crippen LogP contribution in [0.25, 0.3) is 0 Å². The Morgan fingerprint density at radius 2 is 1.94 bits per heavy atom. The van der Waals surface area contributed by atoms with Crippen LogP contribution in [0.4, 0.5) is 13.2 Å². The molecule has 0 radical (unpaired) electrons. The van der Waals surface area contributed by atoms with E-state index in [4.69, 9.17) is 17.3 Å². The van der Waals surface area contributed by atoms with E-state index in [0.717, 1.165) is 18.9 Å². The number of aliphatic hydroxyl groups excluding tert-OH is 1. The van der Waals surface area contributed by atoms with Crippen molar-refractivity contribution in [3.05, 3.63) is 34.3 Å². The number of rotatable bonds is 3. The lowest BCUT2D eigenvalue weighted by atomic mass is 9.94. The zero-order chi connectivity index (χ0) is 13.5. The SMILES string of the molecule is N[C@H](c1ccc(Cl)cc1C(F)(F)F)[C@@H](O)C1CC1. The number of alkyl halides is 3. The molecule has 1 aromatic carbocycles. The largest absolute Gasteiger partial charge is 0.416 e. The van der Waals surface area contributed by atoms with E-state index in [1.54, 1.807) is 0 Å². The molecule has 0 saturated heterocycles. The number of halogens is 4. The third kappa shape index (κ3) is 2.79. The first kappa shape index (κ1) is 13.6. The van der Waals surface area contributed by atoms with Gasteiger partial charge in [-0.25, -0.2) is 0 Å². The second-order valence-corrected chi connectivity index (χ2v) is 5.02. The van der Waals surface area contributed by atoms with Gasteiger partial charge in [-0.05, 0) is 36.5 Å². The molecule has 1 aromatic rings. The normalized spacial score (nSPS) is 19.7. The Bertz CT molecular complexity index is 445. The van der Waals surface area contributed by atoms with Crippen LogP contribution in [0.2, 0.25) is 5.02 Å². The first-order valence-electron chi connectivity index (χ1n) is 5.61. The molecule has 0 aliphatic heterocycles. The highest BCUT2D eigenvalue weighted by Gasteiger charge is 2.39. The van der Waals surface area contributed by atoms with E-state index in [1.165, 1.54) is 12.1 Å². The predicted molar refractivity (Wildman–Crippen MR) is 62.1 cm³/mol. The highest BCUT2D eigenvalue weighted by atomic mass is 35.5. The smallest absolute Gasteiger partial charge is 0.391 e. The average Bonchev–Trinajstić information content (AvgIpc) is 3.09. The summed E-state index contributed by atoms with van der Waals surface area (Å²) in [6.07, 6.45) is -3.85. The van der Waals surface area contributed by atoms with Crippen molar-refractivity contribution in [3.8, 4) is 0 Å². The van der Waals surface area contributed by atoms with E-state index >= 15 is 0 Å². The van der Waals surface area contributed by atoms with Crippen LogP contribution in [0.15, 0.2) is 18.2 Å². The van der Waals surface area contributed by atoms with Gasteiger partial charge in [-0.1, -0.05) is 17.7 Å². The third-order valence-electron chi connectivity index (χ3n) is 3.15. The predicted octanol–water partition coefficient (Wildman–Crippen LogP) is 3.13. The third-order valence-corrected chi connectivity index (χ3v) is 3.39. The van der Waals surface area contributed by atoms with Gasteiger partial charge in [0.1, 0.15) is 0 Å². The molecular weight excluding hydrogens is 267 g/mol. The first-order valence-corrected chi connectivity index (χ1v) is 5.99. The summed E-state index contributed by atoms with van der Waals surface area (Å²) in [6.45, 7) is 0. The minimum absolute atomic E-state index is 0.000753. The van der Waals surface area contributed by atoms with Crippen molar-refractivity contribution in [2.24, 2.45) is 11.7 Å². The summed E-state index contributed by atoms with van der Waals surface area (Å²) in [6, 6.07) is 2.40. The second kappa shape index (κ2) is 4.72. The molecular formula is C12H13ClF3NO. The molecule has 2 atom stereocenters. The topological polar surface area (TPSA) is 46.2 Å². The Morgan fingerprint density at radius 1 is 1.33 bits per heavy atom. The summed E-state index contributed by atoms with van der Waals surface area (Å²) in [5, 5.41) is 9.84. The molecule has 1 saturated carbocycles. The minimum Gasteiger partial charge on any atom is -0.391 e. The van der Waals surface area contributed by atoms with Crippen LogP contribution in [-0.2, 0) is 6.18 Å². The van der Waals surface area contributed by atoms with E-state index in [2.05, 4.69) is 0 Å². The van der Waals surface area contributed by atoms with E-state index in [-0.39, 0.29) is 16.5 Å². The molecule has 100 valence electrons. The fourth-order valence-electron chi connectivity index (χ4n) is 1.98. The van der Waals surface area contributed by atoms with Gasteiger partial charge in [0.25, 0.3) is 0 Å². The number of aliphatic hydroxyl groups is 1. The molecule has 2 nitrogen and oxygen atoms in total. The summed E-state index contributed by atoms with van der Waals surface area (Å²) < 4.78 is 38.6. The van der Waals surface area contributed by atoms with Crippen molar-refractivity contribution in [1.29, 1.82) is 0 Å². The zero-order valence-corrected chi connectivity index (χ0v) is 10.2. The summed E-state index contributed by atoms with van der Waals surface area (Å²) in [5.74, 6) is 0.0109. The van der Waals surface area contributed by atoms with E-state index in [0.29, 0.717) is 0 Å². The lowest BCUT2D eigenvalue weighted by Crippen LogP contribution is -2.30. The molecule has 0 unspecified atom stereocenters. The van der Waals surface area contributed by atoms with E-state index < -0.39 is 23.9 Å². The van der Waals surface area contributed by atoms with E-state index in [1.807, 2.05) is 0 Å². The molecule has 0 heterocycles.